The number of ether oxygens (including phenoxy) is 2. The molecule has 160 valence electrons. The van der Waals surface area contributed by atoms with Crippen molar-refractivity contribution in [2.24, 2.45) is 0 Å². The number of amides is 1. The maximum Gasteiger partial charge on any atom is 0.573 e. The number of halogens is 3. The molecule has 0 radical (unpaired) electrons. The molecule has 1 fully saturated rings. The Morgan fingerprint density at radius 2 is 2.13 bits per heavy atom. The molecule has 1 amide bonds. The minimum absolute atomic E-state index is 0.126. The molecule has 0 spiro atoms. The zero-order valence-electron chi connectivity index (χ0n) is 16.3. The summed E-state index contributed by atoms with van der Waals surface area (Å²) in [5.74, 6) is 0.497. The number of furan rings is 1. The first-order valence-electron chi connectivity index (χ1n) is 9.36. The Kier molecular flexibility index (Phi) is 5.46. The van der Waals surface area contributed by atoms with Gasteiger partial charge in [-0.2, -0.15) is 0 Å². The van der Waals surface area contributed by atoms with Crippen molar-refractivity contribution in [2.75, 3.05) is 18.1 Å². The van der Waals surface area contributed by atoms with Crippen LogP contribution in [0.4, 0.5) is 18.3 Å². The number of benzene rings is 1. The van der Waals surface area contributed by atoms with Crippen LogP contribution in [0.5, 0.6) is 5.75 Å². The van der Waals surface area contributed by atoms with Gasteiger partial charge in [-0.3, -0.25) is 9.69 Å². The molecule has 2 aromatic heterocycles. The Labute approximate surface area is 174 Å². The van der Waals surface area contributed by atoms with Gasteiger partial charge < -0.3 is 13.9 Å². The summed E-state index contributed by atoms with van der Waals surface area (Å²) in [6.07, 6.45) is -3.17. The van der Waals surface area contributed by atoms with Crippen LogP contribution < -0.4 is 9.64 Å². The Balaban J connectivity index is 1.69. The maximum atomic E-state index is 13.3. The van der Waals surface area contributed by atoms with Gasteiger partial charge in [0.2, 0.25) is 0 Å². The second-order valence-electron chi connectivity index (χ2n) is 7.05. The third-order valence-corrected chi connectivity index (χ3v) is 5.78. The number of aryl methyl sites for hydroxylation is 2. The molecule has 1 aromatic carbocycles. The number of nitrogens with zero attached hydrogens (tertiary/aromatic N) is 2. The number of hydrogen-bond acceptors (Lipinski definition) is 6. The van der Waals surface area contributed by atoms with Crippen molar-refractivity contribution in [3.8, 4) is 5.75 Å². The van der Waals surface area contributed by atoms with Crippen LogP contribution in [0.3, 0.4) is 0 Å². The van der Waals surface area contributed by atoms with E-state index < -0.39 is 6.36 Å². The lowest BCUT2D eigenvalue weighted by atomic mass is 10.2. The number of carbonyl (C=O) groups excluding carboxylic acids is 1. The SMILES string of the molecule is Cc1cc(C(=O)N(CC2CCCO2)c2nc3ccc(OC(F)(F)F)cc3s2)c(C)o1. The first-order valence-corrected chi connectivity index (χ1v) is 10.2. The highest BCUT2D eigenvalue weighted by Gasteiger charge is 2.32. The summed E-state index contributed by atoms with van der Waals surface area (Å²) in [5.41, 5.74) is 0.903. The van der Waals surface area contributed by atoms with E-state index >= 15 is 0 Å². The van der Waals surface area contributed by atoms with Gasteiger partial charge in [-0.05, 0) is 44.9 Å². The van der Waals surface area contributed by atoms with Crippen molar-refractivity contribution in [1.82, 2.24) is 4.98 Å². The van der Waals surface area contributed by atoms with E-state index in [2.05, 4.69) is 9.72 Å². The number of alkyl halides is 3. The van der Waals surface area contributed by atoms with Gasteiger partial charge in [0.15, 0.2) is 5.13 Å². The second kappa shape index (κ2) is 7.92. The van der Waals surface area contributed by atoms with Crippen molar-refractivity contribution in [3.05, 3.63) is 41.3 Å². The fourth-order valence-corrected chi connectivity index (χ4v) is 4.44. The Morgan fingerprint density at radius 1 is 1.33 bits per heavy atom. The molecule has 30 heavy (non-hydrogen) atoms. The molecule has 0 aliphatic carbocycles. The molecule has 1 unspecified atom stereocenters. The largest absolute Gasteiger partial charge is 0.573 e. The number of fused-ring (bicyclic) bond motifs is 1. The van der Waals surface area contributed by atoms with Gasteiger partial charge in [-0.25, -0.2) is 4.98 Å². The Hall–Kier alpha value is -2.59. The van der Waals surface area contributed by atoms with E-state index in [0.717, 1.165) is 24.2 Å². The number of anilines is 1. The van der Waals surface area contributed by atoms with E-state index in [0.29, 0.717) is 45.6 Å². The van der Waals surface area contributed by atoms with Gasteiger partial charge in [0, 0.05) is 12.7 Å². The molecule has 6 nitrogen and oxygen atoms in total. The van der Waals surface area contributed by atoms with Gasteiger partial charge in [0.25, 0.3) is 5.91 Å². The Bertz CT molecular complexity index is 1070. The molecule has 3 heterocycles. The summed E-state index contributed by atoms with van der Waals surface area (Å²) in [4.78, 5) is 19.3. The molecule has 3 aromatic rings. The van der Waals surface area contributed by atoms with Crippen LogP contribution in [0.15, 0.2) is 28.7 Å². The van der Waals surface area contributed by atoms with Crippen molar-refractivity contribution >= 4 is 32.6 Å². The number of carbonyl (C=O) groups is 1. The van der Waals surface area contributed by atoms with Crippen molar-refractivity contribution in [1.29, 1.82) is 0 Å². The number of hydrogen-bond donors (Lipinski definition) is 0. The third kappa shape index (κ3) is 4.44. The molecule has 0 bridgehead atoms. The van der Waals surface area contributed by atoms with Gasteiger partial charge in [0.05, 0.1) is 28.4 Å². The molecular formula is C20H19F3N2O4S. The molecule has 4 rings (SSSR count). The average molecular weight is 440 g/mol. The third-order valence-electron chi connectivity index (χ3n) is 4.74. The van der Waals surface area contributed by atoms with Gasteiger partial charge in [-0.15, -0.1) is 13.2 Å². The zero-order chi connectivity index (χ0) is 21.5. The molecular weight excluding hydrogens is 421 g/mol. The van der Waals surface area contributed by atoms with E-state index in [-0.39, 0.29) is 17.8 Å². The van der Waals surface area contributed by atoms with E-state index in [9.17, 15) is 18.0 Å². The highest BCUT2D eigenvalue weighted by atomic mass is 32.1. The topological polar surface area (TPSA) is 64.8 Å². The fraction of sp³-hybridized carbons (Fsp3) is 0.400. The number of rotatable bonds is 5. The van der Waals surface area contributed by atoms with E-state index in [4.69, 9.17) is 9.15 Å². The van der Waals surface area contributed by atoms with Crippen molar-refractivity contribution in [2.45, 2.75) is 39.2 Å². The lowest BCUT2D eigenvalue weighted by Crippen LogP contribution is -2.37. The molecule has 1 saturated heterocycles. The minimum atomic E-state index is -4.78. The summed E-state index contributed by atoms with van der Waals surface area (Å²) in [7, 11) is 0. The lowest BCUT2D eigenvalue weighted by molar-refractivity contribution is -0.274. The quantitative estimate of drug-likeness (QED) is 0.544. The summed E-state index contributed by atoms with van der Waals surface area (Å²) in [6, 6.07) is 5.59. The first-order chi connectivity index (χ1) is 14.2. The predicted octanol–water partition coefficient (Wildman–Crippen LogP) is 5.23. The summed E-state index contributed by atoms with van der Waals surface area (Å²) in [6.45, 7) is 4.40. The zero-order valence-corrected chi connectivity index (χ0v) is 17.1. The van der Waals surface area contributed by atoms with Crippen LogP contribution in [0.2, 0.25) is 0 Å². The van der Waals surface area contributed by atoms with Crippen LogP contribution >= 0.6 is 11.3 Å². The van der Waals surface area contributed by atoms with Crippen LogP contribution in [-0.4, -0.2) is 36.5 Å². The molecule has 0 saturated carbocycles. The lowest BCUT2D eigenvalue weighted by Gasteiger charge is -2.22. The normalized spacial score (nSPS) is 16.9. The number of thiazole rings is 1. The van der Waals surface area contributed by atoms with Crippen molar-refractivity contribution in [3.63, 3.8) is 0 Å². The van der Waals surface area contributed by atoms with Crippen molar-refractivity contribution < 1.29 is 31.9 Å². The molecule has 0 N–H and O–H groups in total. The summed E-state index contributed by atoms with van der Waals surface area (Å²) >= 11 is 1.13. The molecule has 1 atom stereocenters. The first kappa shape index (κ1) is 20.7. The van der Waals surface area contributed by atoms with Gasteiger partial charge in [0.1, 0.15) is 17.3 Å². The molecule has 1 aliphatic heterocycles. The maximum absolute atomic E-state index is 13.3. The fourth-order valence-electron chi connectivity index (χ4n) is 3.43. The standard InChI is InChI=1S/C20H19F3N2O4S/c1-11-8-15(12(2)28-11)18(26)25(10-14-4-3-7-27-14)19-24-16-6-5-13(9-17(16)30-19)29-20(21,22)23/h5-6,8-9,14H,3-4,7,10H2,1-2H3. The highest BCUT2D eigenvalue weighted by Crippen LogP contribution is 2.35. The summed E-state index contributed by atoms with van der Waals surface area (Å²) in [5, 5.41) is 0.382. The van der Waals surface area contributed by atoms with E-state index in [1.165, 1.54) is 23.1 Å². The van der Waals surface area contributed by atoms with Crippen LogP contribution in [0.25, 0.3) is 10.2 Å². The summed E-state index contributed by atoms with van der Waals surface area (Å²) < 4.78 is 53.2. The second-order valence-corrected chi connectivity index (χ2v) is 8.06. The van der Waals surface area contributed by atoms with Crippen LogP contribution in [-0.2, 0) is 4.74 Å². The highest BCUT2D eigenvalue weighted by molar-refractivity contribution is 7.22. The van der Waals surface area contributed by atoms with Gasteiger partial charge >= 0.3 is 6.36 Å². The number of aromatic nitrogens is 1. The Morgan fingerprint density at radius 3 is 2.77 bits per heavy atom. The van der Waals surface area contributed by atoms with Crippen LogP contribution in [0, 0.1) is 13.8 Å². The van der Waals surface area contributed by atoms with E-state index in [1.807, 2.05) is 0 Å². The van der Waals surface area contributed by atoms with Crippen LogP contribution in [0.1, 0.15) is 34.7 Å². The van der Waals surface area contributed by atoms with E-state index in [1.54, 1.807) is 19.9 Å². The van der Waals surface area contributed by atoms with Gasteiger partial charge in [-0.1, -0.05) is 11.3 Å². The molecule has 10 heteroatoms. The smallest absolute Gasteiger partial charge is 0.466 e. The monoisotopic (exact) mass is 440 g/mol. The predicted molar refractivity (Wildman–Crippen MR) is 105 cm³/mol. The molecule has 1 aliphatic rings. The minimum Gasteiger partial charge on any atom is -0.466 e. The average Bonchev–Trinajstić information content (AvgIpc) is 3.37.